The van der Waals surface area contributed by atoms with Gasteiger partial charge in [0.25, 0.3) is 0 Å². The number of nitrogen functional groups attached to an aromatic ring is 1. The number of H-pyrrole nitrogens is 1. The van der Waals surface area contributed by atoms with E-state index < -0.39 is 0 Å². The lowest BCUT2D eigenvalue weighted by Gasteiger charge is -2.38. The Bertz CT molecular complexity index is 441. The maximum absolute atomic E-state index is 5.57. The largest absolute Gasteiger partial charge is 0.368 e. The Kier molecular flexibility index (Phi) is 2.28. The fourth-order valence-electron chi connectivity index (χ4n) is 3.75. The minimum Gasteiger partial charge on any atom is -0.368 e. The standard InChI is InChI=1S/C12H20N4S/c1-11(2)7-4-5-12(11,3)8(6-7)17-10-14-9(13)15-16-10/h7-8H,4-6H2,1-3H3,(H3,13,14,15,16)/t7-,8-,12-/m1/s1. The van der Waals surface area contributed by atoms with E-state index in [4.69, 9.17) is 5.73 Å². The van der Waals surface area contributed by atoms with E-state index in [0.717, 1.165) is 11.1 Å². The van der Waals surface area contributed by atoms with Crippen LogP contribution in [0.2, 0.25) is 0 Å². The van der Waals surface area contributed by atoms with Crippen LogP contribution in [0.5, 0.6) is 0 Å². The molecule has 17 heavy (non-hydrogen) atoms. The molecule has 0 amide bonds. The van der Waals surface area contributed by atoms with Gasteiger partial charge >= 0.3 is 0 Å². The number of nitrogens with one attached hydrogen (secondary N) is 1. The van der Waals surface area contributed by atoms with Crippen molar-refractivity contribution in [1.29, 1.82) is 0 Å². The second kappa shape index (κ2) is 3.40. The molecule has 1 aromatic rings. The number of aromatic amines is 1. The van der Waals surface area contributed by atoms with Crippen LogP contribution in [0.25, 0.3) is 0 Å². The van der Waals surface area contributed by atoms with Gasteiger partial charge in [0.15, 0.2) is 0 Å². The zero-order valence-corrected chi connectivity index (χ0v) is 11.5. The van der Waals surface area contributed by atoms with Crippen molar-refractivity contribution in [2.45, 2.75) is 50.4 Å². The number of anilines is 1. The van der Waals surface area contributed by atoms with Crippen molar-refractivity contribution in [2.75, 3.05) is 5.73 Å². The Morgan fingerprint density at radius 2 is 2.18 bits per heavy atom. The van der Waals surface area contributed by atoms with Crippen LogP contribution < -0.4 is 5.73 Å². The molecule has 3 atom stereocenters. The van der Waals surface area contributed by atoms with Crippen molar-refractivity contribution in [3.63, 3.8) is 0 Å². The highest BCUT2D eigenvalue weighted by atomic mass is 32.2. The highest BCUT2D eigenvalue weighted by Gasteiger charge is 2.61. The van der Waals surface area contributed by atoms with E-state index >= 15 is 0 Å². The maximum atomic E-state index is 5.57. The smallest absolute Gasteiger partial charge is 0.216 e. The molecule has 0 aromatic carbocycles. The van der Waals surface area contributed by atoms with E-state index in [-0.39, 0.29) is 0 Å². The highest BCUT2D eigenvalue weighted by molar-refractivity contribution is 7.99. The van der Waals surface area contributed by atoms with Gasteiger partial charge in [0.05, 0.1) is 0 Å². The highest BCUT2D eigenvalue weighted by Crippen LogP contribution is 2.68. The summed E-state index contributed by atoms with van der Waals surface area (Å²) in [4.78, 5) is 4.21. The third-order valence-electron chi connectivity index (χ3n) is 5.44. The maximum Gasteiger partial charge on any atom is 0.216 e. The van der Waals surface area contributed by atoms with Crippen LogP contribution in [0.1, 0.15) is 40.0 Å². The number of rotatable bonds is 2. The van der Waals surface area contributed by atoms with E-state index in [2.05, 4.69) is 36.0 Å². The third-order valence-corrected chi connectivity index (χ3v) is 6.83. The van der Waals surface area contributed by atoms with E-state index in [0.29, 0.717) is 22.0 Å². The number of fused-ring (bicyclic) bond motifs is 2. The normalized spacial score (nSPS) is 38.8. The predicted molar refractivity (Wildman–Crippen MR) is 69.7 cm³/mol. The Morgan fingerprint density at radius 3 is 2.65 bits per heavy atom. The van der Waals surface area contributed by atoms with E-state index in [9.17, 15) is 0 Å². The average molecular weight is 252 g/mol. The second-order valence-corrected chi connectivity index (χ2v) is 7.39. The summed E-state index contributed by atoms with van der Waals surface area (Å²) in [5.41, 5.74) is 6.44. The van der Waals surface area contributed by atoms with Gasteiger partial charge in [-0.05, 0) is 36.0 Å². The van der Waals surface area contributed by atoms with Crippen molar-refractivity contribution in [3.05, 3.63) is 0 Å². The molecule has 0 aliphatic heterocycles. The van der Waals surface area contributed by atoms with Gasteiger partial charge in [-0.2, -0.15) is 4.98 Å². The first kappa shape index (κ1) is 11.4. The number of nitrogens with zero attached hydrogens (tertiary/aromatic N) is 2. The second-order valence-electron chi connectivity index (χ2n) is 6.22. The first-order chi connectivity index (χ1) is 7.93. The van der Waals surface area contributed by atoms with Crippen molar-refractivity contribution in [3.8, 4) is 0 Å². The van der Waals surface area contributed by atoms with Gasteiger partial charge in [-0.15, -0.1) is 5.10 Å². The topological polar surface area (TPSA) is 67.6 Å². The van der Waals surface area contributed by atoms with Crippen molar-refractivity contribution in [2.24, 2.45) is 16.7 Å². The van der Waals surface area contributed by atoms with Crippen molar-refractivity contribution in [1.82, 2.24) is 15.2 Å². The molecule has 0 spiro atoms. The summed E-state index contributed by atoms with van der Waals surface area (Å²) < 4.78 is 0. The fourth-order valence-corrected chi connectivity index (χ4v) is 5.26. The summed E-state index contributed by atoms with van der Waals surface area (Å²) in [5.74, 6) is 1.28. The molecule has 5 heteroatoms. The lowest BCUT2D eigenvalue weighted by atomic mass is 9.71. The average Bonchev–Trinajstić information content (AvgIpc) is 2.80. The van der Waals surface area contributed by atoms with Gasteiger partial charge in [-0.25, -0.2) is 5.10 Å². The first-order valence-electron chi connectivity index (χ1n) is 6.28. The quantitative estimate of drug-likeness (QED) is 0.849. The number of hydrogen-bond acceptors (Lipinski definition) is 4. The molecule has 1 aromatic heterocycles. The molecule has 1 heterocycles. The fraction of sp³-hybridized carbons (Fsp3) is 0.833. The molecule has 3 rings (SSSR count). The molecule has 0 radical (unpaired) electrons. The Balaban J connectivity index is 1.83. The van der Waals surface area contributed by atoms with Crippen LogP contribution in [0, 0.1) is 16.7 Å². The van der Waals surface area contributed by atoms with Crippen LogP contribution in [0.15, 0.2) is 5.16 Å². The van der Waals surface area contributed by atoms with Crippen LogP contribution in [0.3, 0.4) is 0 Å². The van der Waals surface area contributed by atoms with Gasteiger partial charge in [0.1, 0.15) is 0 Å². The Hall–Kier alpha value is -0.710. The summed E-state index contributed by atoms with van der Waals surface area (Å²) >= 11 is 1.80. The zero-order chi connectivity index (χ0) is 12.3. The van der Waals surface area contributed by atoms with E-state index in [1.165, 1.54) is 19.3 Å². The molecule has 4 nitrogen and oxygen atoms in total. The predicted octanol–water partition coefficient (Wildman–Crippen LogP) is 2.69. The molecule has 2 aliphatic rings. The lowest BCUT2D eigenvalue weighted by molar-refractivity contribution is 0.156. The minimum atomic E-state index is 0.414. The van der Waals surface area contributed by atoms with E-state index in [1.807, 2.05) is 0 Å². The molecule has 3 N–H and O–H groups in total. The van der Waals surface area contributed by atoms with E-state index in [1.54, 1.807) is 11.8 Å². The van der Waals surface area contributed by atoms with Gasteiger partial charge in [0.2, 0.25) is 11.1 Å². The summed E-state index contributed by atoms with van der Waals surface area (Å²) in [7, 11) is 0. The monoisotopic (exact) mass is 252 g/mol. The van der Waals surface area contributed by atoms with Crippen LogP contribution >= 0.6 is 11.8 Å². The van der Waals surface area contributed by atoms with Crippen molar-refractivity contribution >= 4 is 17.7 Å². The molecule has 0 saturated heterocycles. The Morgan fingerprint density at radius 1 is 1.41 bits per heavy atom. The van der Waals surface area contributed by atoms with Gasteiger partial charge in [-0.3, -0.25) is 0 Å². The molecule has 0 unspecified atom stereocenters. The summed E-state index contributed by atoms with van der Waals surface area (Å²) in [6.45, 7) is 7.29. The lowest BCUT2D eigenvalue weighted by Crippen LogP contribution is -2.33. The third kappa shape index (κ3) is 1.44. The summed E-state index contributed by atoms with van der Waals surface area (Å²) in [5, 5.41) is 8.29. The molecule has 2 bridgehead atoms. The van der Waals surface area contributed by atoms with Gasteiger partial charge in [0, 0.05) is 5.25 Å². The van der Waals surface area contributed by atoms with Crippen LogP contribution in [-0.4, -0.2) is 20.4 Å². The molecule has 2 saturated carbocycles. The minimum absolute atomic E-state index is 0.414. The number of aromatic nitrogens is 3. The van der Waals surface area contributed by atoms with Gasteiger partial charge in [-0.1, -0.05) is 32.5 Å². The molecule has 2 aliphatic carbocycles. The number of nitrogens with two attached hydrogens (primary N) is 1. The van der Waals surface area contributed by atoms with Crippen LogP contribution in [0.4, 0.5) is 5.95 Å². The Labute approximate surface area is 106 Å². The molecule has 94 valence electrons. The van der Waals surface area contributed by atoms with Gasteiger partial charge < -0.3 is 5.73 Å². The number of thioether (sulfide) groups is 1. The summed E-state index contributed by atoms with van der Waals surface area (Å²) in [6, 6.07) is 0. The SMILES string of the molecule is CC1(C)[C@@H]2CC[C@]1(C)[C@H](Sc1n[nH]c(N)n1)C2. The molecular weight excluding hydrogens is 232 g/mol. The molecular formula is C12H20N4S. The first-order valence-corrected chi connectivity index (χ1v) is 7.16. The van der Waals surface area contributed by atoms with Crippen LogP contribution in [-0.2, 0) is 0 Å². The summed E-state index contributed by atoms with van der Waals surface area (Å²) in [6.07, 6.45) is 4.02. The van der Waals surface area contributed by atoms with Crippen molar-refractivity contribution < 1.29 is 0 Å². The zero-order valence-electron chi connectivity index (χ0n) is 10.7. The molecule has 2 fully saturated rings. The number of hydrogen-bond donors (Lipinski definition) is 2.